The molecule has 1 fully saturated rings. The lowest BCUT2D eigenvalue weighted by Crippen LogP contribution is -2.40. The number of nitrogens with one attached hydrogen (secondary N) is 1. The predicted octanol–water partition coefficient (Wildman–Crippen LogP) is 2.32. The number of hydrogen-bond donors (Lipinski definition) is 2. The Morgan fingerprint density at radius 2 is 2.30 bits per heavy atom. The summed E-state index contributed by atoms with van der Waals surface area (Å²) >= 11 is 0. The van der Waals surface area contributed by atoms with Crippen LogP contribution in [0.3, 0.4) is 0 Å². The first kappa shape index (κ1) is 16.0. The molecule has 124 valence electrons. The molecule has 3 heterocycles. The van der Waals surface area contributed by atoms with Gasteiger partial charge in [0, 0.05) is 43.8 Å². The highest BCUT2D eigenvalue weighted by Gasteiger charge is 2.30. The highest BCUT2D eigenvalue weighted by atomic mass is 16.5. The molecule has 3 rings (SSSR count). The second-order valence-corrected chi connectivity index (χ2v) is 5.91. The Morgan fingerprint density at radius 3 is 3.13 bits per heavy atom. The molecule has 0 amide bonds. The maximum atomic E-state index is 9.95. The van der Waals surface area contributed by atoms with Crippen molar-refractivity contribution in [2.24, 2.45) is 0 Å². The Labute approximate surface area is 136 Å². The summed E-state index contributed by atoms with van der Waals surface area (Å²) in [7, 11) is 0. The molecule has 23 heavy (non-hydrogen) atoms. The van der Waals surface area contributed by atoms with Crippen LogP contribution < -0.4 is 5.32 Å². The summed E-state index contributed by atoms with van der Waals surface area (Å²) < 4.78 is 8.11. The molecule has 6 nitrogen and oxygen atoms in total. The van der Waals surface area contributed by atoms with Crippen LogP contribution in [0.5, 0.6) is 5.75 Å². The van der Waals surface area contributed by atoms with Crippen molar-refractivity contribution in [3.63, 3.8) is 0 Å². The first-order chi connectivity index (χ1) is 11.2. The second kappa shape index (κ2) is 7.10. The van der Waals surface area contributed by atoms with Crippen LogP contribution in [-0.4, -0.2) is 32.3 Å². The lowest BCUT2D eigenvalue weighted by molar-refractivity contribution is -0.0183. The molecule has 1 aliphatic heterocycles. The Hall–Kier alpha value is -1.92. The normalized spacial score (nSPS) is 21.5. The van der Waals surface area contributed by atoms with Gasteiger partial charge in [-0.15, -0.1) is 0 Å². The van der Waals surface area contributed by atoms with E-state index >= 15 is 0 Å². The number of aryl methyl sites for hydroxylation is 2. The summed E-state index contributed by atoms with van der Waals surface area (Å²) in [4.78, 5) is 8.89. The van der Waals surface area contributed by atoms with Crippen molar-refractivity contribution in [1.29, 1.82) is 0 Å². The van der Waals surface area contributed by atoms with Crippen LogP contribution >= 0.6 is 0 Å². The van der Waals surface area contributed by atoms with Gasteiger partial charge >= 0.3 is 0 Å². The van der Waals surface area contributed by atoms with Crippen LogP contribution in [0, 0.1) is 6.92 Å². The van der Waals surface area contributed by atoms with Crippen molar-refractivity contribution in [2.45, 2.75) is 51.9 Å². The van der Waals surface area contributed by atoms with E-state index in [1.807, 2.05) is 25.4 Å². The van der Waals surface area contributed by atoms with Gasteiger partial charge in [0.2, 0.25) is 0 Å². The van der Waals surface area contributed by atoms with Gasteiger partial charge in [-0.2, -0.15) is 0 Å². The minimum absolute atomic E-state index is 0.0642. The number of nitrogens with zero attached hydrogens (tertiary/aromatic N) is 3. The van der Waals surface area contributed by atoms with E-state index in [0.29, 0.717) is 12.2 Å². The van der Waals surface area contributed by atoms with E-state index in [4.69, 9.17) is 4.74 Å². The molecular formula is C17H24N4O2. The number of rotatable bonds is 5. The Morgan fingerprint density at radius 1 is 1.43 bits per heavy atom. The Kier molecular flexibility index (Phi) is 4.93. The van der Waals surface area contributed by atoms with E-state index in [0.717, 1.165) is 37.5 Å². The van der Waals surface area contributed by atoms with Crippen molar-refractivity contribution in [3.8, 4) is 5.75 Å². The maximum absolute atomic E-state index is 9.95. The van der Waals surface area contributed by atoms with Crippen LogP contribution in [0.2, 0.25) is 0 Å². The van der Waals surface area contributed by atoms with E-state index in [9.17, 15) is 5.11 Å². The third-order valence-electron chi connectivity index (χ3n) is 4.29. The highest BCUT2D eigenvalue weighted by molar-refractivity contribution is 5.27. The number of aromatic hydroxyl groups is 1. The minimum Gasteiger partial charge on any atom is -0.506 e. The number of imidazole rings is 1. The molecular weight excluding hydrogens is 292 g/mol. The molecule has 2 aromatic rings. The summed E-state index contributed by atoms with van der Waals surface area (Å²) in [5, 5.41) is 13.4. The van der Waals surface area contributed by atoms with Gasteiger partial charge in [0.25, 0.3) is 0 Å². The lowest BCUT2D eigenvalue weighted by atomic mass is 10.0. The van der Waals surface area contributed by atoms with E-state index in [1.54, 1.807) is 6.07 Å². The molecule has 0 unspecified atom stereocenters. The second-order valence-electron chi connectivity index (χ2n) is 5.91. The molecule has 1 saturated heterocycles. The van der Waals surface area contributed by atoms with Crippen molar-refractivity contribution in [1.82, 2.24) is 19.9 Å². The fourth-order valence-corrected chi connectivity index (χ4v) is 3.05. The summed E-state index contributed by atoms with van der Waals surface area (Å²) in [5.74, 6) is 1.19. The fourth-order valence-electron chi connectivity index (χ4n) is 3.05. The SMILES string of the molecule is CCn1ccnc1[C@H]1OCCC[C@@H]1NCc1nc(C)ccc1O. The Balaban J connectivity index is 1.73. The van der Waals surface area contributed by atoms with Gasteiger partial charge in [0.15, 0.2) is 0 Å². The van der Waals surface area contributed by atoms with E-state index in [1.165, 1.54) is 0 Å². The molecule has 2 N–H and O–H groups in total. The first-order valence-corrected chi connectivity index (χ1v) is 8.20. The monoisotopic (exact) mass is 316 g/mol. The van der Waals surface area contributed by atoms with Gasteiger partial charge in [-0.1, -0.05) is 0 Å². The van der Waals surface area contributed by atoms with Gasteiger partial charge in [0.1, 0.15) is 17.7 Å². The number of aromatic nitrogens is 3. The molecule has 0 spiro atoms. The molecule has 0 aromatic carbocycles. The molecule has 0 bridgehead atoms. The van der Waals surface area contributed by atoms with Crippen LogP contribution in [0.4, 0.5) is 0 Å². The van der Waals surface area contributed by atoms with Gasteiger partial charge in [-0.05, 0) is 38.8 Å². The molecule has 6 heteroatoms. The van der Waals surface area contributed by atoms with Crippen molar-refractivity contribution >= 4 is 0 Å². The minimum atomic E-state index is -0.0642. The number of ether oxygens (including phenoxy) is 1. The number of hydrogen-bond acceptors (Lipinski definition) is 5. The van der Waals surface area contributed by atoms with Crippen LogP contribution in [0.1, 0.15) is 43.1 Å². The van der Waals surface area contributed by atoms with Crippen LogP contribution in [-0.2, 0) is 17.8 Å². The molecule has 0 aliphatic carbocycles. The van der Waals surface area contributed by atoms with Crippen molar-refractivity contribution in [3.05, 3.63) is 41.7 Å². The van der Waals surface area contributed by atoms with Crippen molar-refractivity contribution < 1.29 is 9.84 Å². The van der Waals surface area contributed by atoms with E-state index < -0.39 is 0 Å². The number of pyridine rings is 1. The van der Waals surface area contributed by atoms with Gasteiger partial charge < -0.3 is 19.7 Å². The highest BCUT2D eigenvalue weighted by Crippen LogP contribution is 2.28. The zero-order valence-corrected chi connectivity index (χ0v) is 13.7. The van der Waals surface area contributed by atoms with Gasteiger partial charge in [-0.3, -0.25) is 4.98 Å². The van der Waals surface area contributed by atoms with Gasteiger partial charge in [-0.25, -0.2) is 4.98 Å². The molecule has 2 atom stereocenters. The third-order valence-corrected chi connectivity index (χ3v) is 4.29. The quantitative estimate of drug-likeness (QED) is 0.886. The molecule has 2 aromatic heterocycles. The molecule has 0 saturated carbocycles. The van der Waals surface area contributed by atoms with Gasteiger partial charge in [0.05, 0.1) is 5.69 Å². The lowest BCUT2D eigenvalue weighted by Gasteiger charge is -2.32. The third kappa shape index (κ3) is 3.54. The van der Waals surface area contributed by atoms with E-state index in [2.05, 4.69) is 26.8 Å². The largest absolute Gasteiger partial charge is 0.506 e. The topological polar surface area (TPSA) is 72.2 Å². The van der Waals surface area contributed by atoms with E-state index in [-0.39, 0.29) is 17.9 Å². The summed E-state index contributed by atoms with van der Waals surface area (Å²) in [5.41, 5.74) is 1.57. The molecule has 0 radical (unpaired) electrons. The maximum Gasteiger partial charge on any atom is 0.139 e. The van der Waals surface area contributed by atoms with Crippen LogP contribution in [0.15, 0.2) is 24.5 Å². The first-order valence-electron chi connectivity index (χ1n) is 8.20. The summed E-state index contributed by atoms with van der Waals surface area (Å²) in [6.07, 6.45) is 5.79. The zero-order valence-electron chi connectivity index (χ0n) is 13.7. The smallest absolute Gasteiger partial charge is 0.139 e. The fraction of sp³-hybridized carbons (Fsp3) is 0.529. The standard InChI is InChI=1S/C17H24N4O2/c1-3-21-9-8-18-17(21)16-13(5-4-10-23-16)19-11-14-15(22)7-6-12(2)20-14/h6-9,13,16,19,22H,3-5,10-11H2,1-2H3/t13-,16-/m0/s1. The summed E-state index contributed by atoms with van der Waals surface area (Å²) in [6, 6.07) is 3.67. The Bertz CT molecular complexity index is 656. The predicted molar refractivity (Wildman–Crippen MR) is 87.1 cm³/mol. The van der Waals surface area contributed by atoms with Crippen LogP contribution in [0.25, 0.3) is 0 Å². The average Bonchev–Trinajstić information content (AvgIpc) is 3.04. The van der Waals surface area contributed by atoms with Crippen molar-refractivity contribution in [2.75, 3.05) is 6.61 Å². The zero-order chi connectivity index (χ0) is 16.2. The molecule has 1 aliphatic rings. The summed E-state index contributed by atoms with van der Waals surface area (Å²) in [6.45, 7) is 6.18. The average molecular weight is 316 g/mol.